The predicted octanol–water partition coefficient (Wildman–Crippen LogP) is 2.13. The molecule has 0 fully saturated rings. The Hall–Kier alpha value is -1.49. The second kappa shape index (κ2) is 7.19. The summed E-state index contributed by atoms with van der Waals surface area (Å²) in [7, 11) is 0. The summed E-state index contributed by atoms with van der Waals surface area (Å²) in [4.78, 5) is 26.1. The molecule has 0 radical (unpaired) electrons. The fourth-order valence-corrected chi connectivity index (χ4v) is 2.39. The summed E-state index contributed by atoms with van der Waals surface area (Å²) in [6.45, 7) is 4.22. The predicted molar refractivity (Wildman–Crippen MR) is 78.2 cm³/mol. The highest BCUT2D eigenvalue weighted by Crippen LogP contribution is 2.22. The van der Waals surface area contributed by atoms with Crippen molar-refractivity contribution in [1.29, 1.82) is 0 Å². The van der Waals surface area contributed by atoms with E-state index in [1.807, 2.05) is 44.4 Å². The summed E-state index contributed by atoms with van der Waals surface area (Å²) >= 11 is 1.54. The van der Waals surface area contributed by atoms with Crippen LogP contribution in [-0.2, 0) is 4.79 Å². The number of nitrogens with two attached hydrogens (primary N) is 1. The highest BCUT2D eigenvalue weighted by atomic mass is 32.2. The van der Waals surface area contributed by atoms with Crippen LogP contribution in [0.15, 0.2) is 29.2 Å². The molecule has 0 atom stereocenters. The van der Waals surface area contributed by atoms with Crippen molar-refractivity contribution in [3.8, 4) is 0 Å². The van der Waals surface area contributed by atoms with Crippen molar-refractivity contribution in [2.75, 3.05) is 12.8 Å². The Balaban J connectivity index is 2.95. The zero-order valence-corrected chi connectivity index (χ0v) is 12.4. The summed E-state index contributed by atoms with van der Waals surface area (Å²) in [5.41, 5.74) is 5.83. The molecule has 0 heterocycles. The second-order valence-corrected chi connectivity index (χ2v) is 5.36. The Morgan fingerprint density at radius 2 is 1.95 bits per heavy atom. The molecule has 19 heavy (non-hydrogen) atoms. The highest BCUT2D eigenvalue weighted by Gasteiger charge is 2.21. The van der Waals surface area contributed by atoms with Crippen LogP contribution in [0.5, 0.6) is 0 Å². The summed E-state index contributed by atoms with van der Waals surface area (Å²) in [6.07, 6.45) is 2.13. The van der Waals surface area contributed by atoms with Crippen molar-refractivity contribution < 1.29 is 9.59 Å². The normalized spacial score (nSPS) is 10.5. The fraction of sp³-hybridized carbons (Fsp3) is 0.429. The van der Waals surface area contributed by atoms with Crippen LogP contribution in [0.4, 0.5) is 0 Å². The lowest BCUT2D eigenvalue weighted by Gasteiger charge is -2.27. The number of thioether (sulfide) groups is 1. The minimum Gasteiger partial charge on any atom is -0.370 e. The Morgan fingerprint density at radius 1 is 1.32 bits per heavy atom. The molecular formula is C14H20N2O2S. The molecule has 0 aromatic heterocycles. The molecule has 0 aliphatic rings. The zero-order chi connectivity index (χ0) is 14.4. The van der Waals surface area contributed by atoms with E-state index in [1.54, 1.807) is 4.90 Å². The molecule has 0 aliphatic heterocycles. The largest absolute Gasteiger partial charge is 0.370 e. The number of amides is 2. The first kappa shape index (κ1) is 15.6. The number of rotatable bonds is 6. The third kappa shape index (κ3) is 4.28. The Labute approximate surface area is 118 Å². The zero-order valence-electron chi connectivity index (χ0n) is 11.6. The maximum absolute atomic E-state index is 12.5. The molecule has 4 nitrogen and oxygen atoms in total. The van der Waals surface area contributed by atoms with Gasteiger partial charge in [0.25, 0.3) is 5.91 Å². The monoisotopic (exact) mass is 280 g/mol. The molecule has 0 saturated carbocycles. The molecule has 5 heteroatoms. The van der Waals surface area contributed by atoms with Crippen LogP contribution in [0.3, 0.4) is 0 Å². The van der Waals surface area contributed by atoms with E-state index >= 15 is 0 Å². The quantitative estimate of drug-likeness (QED) is 0.812. The van der Waals surface area contributed by atoms with E-state index in [1.165, 1.54) is 11.8 Å². The SMILES string of the molecule is CSc1ccccc1C(=O)N(CCC(N)=O)C(C)C. The molecule has 104 valence electrons. The Bertz CT molecular complexity index is 461. The summed E-state index contributed by atoms with van der Waals surface area (Å²) in [5, 5.41) is 0. The van der Waals surface area contributed by atoms with E-state index in [0.29, 0.717) is 12.1 Å². The molecule has 0 unspecified atom stereocenters. The first-order valence-electron chi connectivity index (χ1n) is 6.19. The van der Waals surface area contributed by atoms with E-state index in [2.05, 4.69) is 0 Å². The van der Waals surface area contributed by atoms with E-state index < -0.39 is 5.91 Å². The highest BCUT2D eigenvalue weighted by molar-refractivity contribution is 7.98. The van der Waals surface area contributed by atoms with E-state index in [0.717, 1.165) is 4.90 Å². The van der Waals surface area contributed by atoms with E-state index in [-0.39, 0.29) is 18.4 Å². The van der Waals surface area contributed by atoms with Gasteiger partial charge in [-0.3, -0.25) is 9.59 Å². The number of hydrogen-bond donors (Lipinski definition) is 1. The standard InChI is InChI=1S/C14H20N2O2S/c1-10(2)16(9-8-13(15)17)14(18)11-6-4-5-7-12(11)19-3/h4-7,10H,8-9H2,1-3H3,(H2,15,17). The third-order valence-corrected chi connectivity index (χ3v) is 3.62. The van der Waals surface area contributed by atoms with Gasteiger partial charge in [-0.05, 0) is 32.2 Å². The molecule has 2 amide bonds. The second-order valence-electron chi connectivity index (χ2n) is 4.51. The minimum atomic E-state index is -0.392. The first-order chi connectivity index (χ1) is 8.97. The van der Waals surface area contributed by atoms with E-state index in [4.69, 9.17) is 5.73 Å². The summed E-state index contributed by atoms with van der Waals surface area (Å²) in [5.74, 6) is -0.446. The molecule has 0 saturated heterocycles. The molecule has 0 spiro atoms. The van der Waals surface area contributed by atoms with Crippen molar-refractivity contribution >= 4 is 23.6 Å². The van der Waals surface area contributed by atoms with Crippen molar-refractivity contribution in [1.82, 2.24) is 4.90 Å². The van der Waals surface area contributed by atoms with Crippen molar-refractivity contribution in [2.45, 2.75) is 31.2 Å². The number of benzene rings is 1. The lowest BCUT2D eigenvalue weighted by atomic mass is 10.1. The average Bonchev–Trinajstić information content (AvgIpc) is 2.37. The first-order valence-corrected chi connectivity index (χ1v) is 7.42. The van der Waals surface area contributed by atoms with Crippen molar-refractivity contribution in [3.05, 3.63) is 29.8 Å². The van der Waals surface area contributed by atoms with Crippen LogP contribution in [0.1, 0.15) is 30.6 Å². The molecular weight excluding hydrogens is 260 g/mol. The van der Waals surface area contributed by atoms with Gasteiger partial charge in [-0.15, -0.1) is 11.8 Å². The lowest BCUT2D eigenvalue weighted by molar-refractivity contribution is -0.118. The van der Waals surface area contributed by atoms with Gasteiger partial charge in [-0.25, -0.2) is 0 Å². The summed E-state index contributed by atoms with van der Waals surface area (Å²) in [6, 6.07) is 7.52. The third-order valence-electron chi connectivity index (χ3n) is 2.82. The van der Waals surface area contributed by atoms with Gasteiger partial charge in [0.15, 0.2) is 0 Å². The van der Waals surface area contributed by atoms with Gasteiger partial charge in [0.2, 0.25) is 5.91 Å². The van der Waals surface area contributed by atoms with Gasteiger partial charge in [-0.1, -0.05) is 12.1 Å². The molecule has 1 rings (SSSR count). The number of carbonyl (C=O) groups excluding carboxylic acids is 2. The van der Waals surface area contributed by atoms with Crippen LogP contribution >= 0.6 is 11.8 Å². The number of hydrogen-bond acceptors (Lipinski definition) is 3. The van der Waals surface area contributed by atoms with Crippen LogP contribution in [-0.4, -0.2) is 35.6 Å². The van der Waals surface area contributed by atoms with Crippen LogP contribution in [0, 0.1) is 0 Å². The average molecular weight is 280 g/mol. The van der Waals surface area contributed by atoms with Crippen LogP contribution in [0.2, 0.25) is 0 Å². The van der Waals surface area contributed by atoms with Gasteiger partial charge >= 0.3 is 0 Å². The van der Waals surface area contributed by atoms with Gasteiger partial charge < -0.3 is 10.6 Å². The Kier molecular flexibility index (Phi) is 5.89. The van der Waals surface area contributed by atoms with E-state index in [9.17, 15) is 9.59 Å². The minimum absolute atomic E-state index is 0.0294. The van der Waals surface area contributed by atoms with Crippen LogP contribution in [0.25, 0.3) is 0 Å². The van der Waals surface area contributed by atoms with Crippen molar-refractivity contribution in [2.24, 2.45) is 5.73 Å². The lowest BCUT2D eigenvalue weighted by Crippen LogP contribution is -2.39. The smallest absolute Gasteiger partial charge is 0.255 e. The maximum atomic E-state index is 12.5. The number of primary amides is 1. The molecule has 0 bridgehead atoms. The van der Waals surface area contributed by atoms with Crippen LogP contribution < -0.4 is 5.73 Å². The molecule has 2 N–H and O–H groups in total. The Morgan fingerprint density at radius 3 is 2.47 bits per heavy atom. The number of nitrogens with zero attached hydrogens (tertiary/aromatic N) is 1. The molecule has 0 aliphatic carbocycles. The maximum Gasteiger partial charge on any atom is 0.255 e. The van der Waals surface area contributed by atoms with Gasteiger partial charge in [-0.2, -0.15) is 0 Å². The van der Waals surface area contributed by atoms with Gasteiger partial charge in [0.1, 0.15) is 0 Å². The fourth-order valence-electron chi connectivity index (χ4n) is 1.80. The molecule has 1 aromatic carbocycles. The molecule has 1 aromatic rings. The topological polar surface area (TPSA) is 63.4 Å². The van der Waals surface area contributed by atoms with Gasteiger partial charge in [0.05, 0.1) is 5.56 Å². The van der Waals surface area contributed by atoms with Crippen molar-refractivity contribution in [3.63, 3.8) is 0 Å². The summed E-state index contributed by atoms with van der Waals surface area (Å²) < 4.78 is 0. The number of carbonyl (C=O) groups is 2. The van der Waals surface area contributed by atoms with Gasteiger partial charge in [0, 0.05) is 23.9 Å².